The maximum atomic E-state index is 11.7. The molecule has 0 amide bonds. The second-order valence-corrected chi connectivity index (χ2v) is 4.00. The zero-order valence-electron chi connectivity index (χ0n) is 7.73. The molecule has 14 heavy (non-hydrogen) atoms. The van der Waals surface area contributed by atoms with Crippen LogP contribution in [-0.4, -0.2) is 10.9 Å². The molecule has 1 aromatic rings. The highest BCUT2D eigenvalue weighted by Gasteiger charge is 2.33. The van der Waals surface area contributed by atoms with Crippen molar-refractivity contribution >= 4 is 17.1 Å². The van der Waals surface area contributed by atoms with Gasteiger partial charge < -0.3 is 5.11 Å². The zero-order chi connectivity index (χ0) is 10.1. The lowest BCUT2D eigenvalue weighted by Gasteiger charge is -2.01. The first-order valence-corrected chi connectivity index (χ1v) is 5.26. The Bertz CT molecular complexity index is 426. The van der Waals surface area contributed by atoms with Gasteiger partial charge in [-0.05, 0) is 18.4 Å². The SMILES string of the molecule is C/C=C/C=C1/C(=O)c2sccc2C1O. The highest BCUT2D eigenvalue weighted by atomic mass is 32.1. The fourth-order valence-corrected chi connectivity index (χ4v) is 2.40. The van der Waals surface area contributed by atoms with Crippen molar-refractivity contribution in [1.29, 1.82) is 0 Å². The number of aliphatic hydroxyl groups is 1. The van der Waals surface area contributed by atoms with Gasteiger partial charge in [-0.2, -0.15) is 0 Å². The van der Waals surface area contributed by atoms with Crippen LogP contribution in [0, 0.1) is 0 Å². The third kappa shape index (κ3) is 1.25. The molecule has 1 heterocycles. The number of rotatable bonds is 1. The van der Waals surface area contributed by atoms with Crippen LogP contribution < -0.4 is 0 Å². The van der Waals surface area contributed by atoms with Gasteiger partial charge in [0.2, 0.25) is 5.78 Å². The van der Waals surface area contributed by atoms with Gasteiger partial charge in [0.1, 0.15) is 6.10 Å². The van der Waals surface area contributed by atoms with E-state index in [1.807, 2.05) is 18.4 Å². The number of ketones is 1. The lowest BCUT2D eigenvalue weighted by molar-refractivity contribution is 0.102. The van der Waals surface area contributed by atoms with E-state index in [-0.39, 0.29) is 5.78 Å². The Hall–Kier alpha value is -1.19. The normalized spacial score (nSPS) is 23.7. The van der Waals surface area contributed by atoms with Crippen molar-refractivity contribution < 1.29 is 9.90 Å². The van der Waals surface area contributed by atoms with E-state index < -0.39 is 6.10 Å². The Morgan fingerprint density at radius 2 is 2.36 bits per heavy atom. The minimum absolute atomic E-state index is 0.0411. The predicted molar refractivity (Wildman–Crippen MR) is 56.5 cm³/mol. The quantitative estimate of drug-likeness (QED) is 0.717. The summed E-state index contributed by atoms with van der Waals surface area (Å²) in [6.07, 6.45) is 4.55. The molecule has 1 atom stereocenters. The lowest BCUT2D eigenvalue weighted by atomic mass is 10.1. The van der Waals surface area contributed by atoms with Gasteiger partial charge in [-0.1, -0.05) is 18.2 Å². The van der Waals surface area contributed by atoms with Crippen molar-refractivity contribution in [2.24, 2.45) is 0 Å². The number of aliphatic hydroxyl groups excluding tert-OH is 1. The summed E-state index contributed by atoms with van der Waals surface area (Å²) in [6, 6.07) is 1.80. The molecular formula is C11H10O2S. The second-order valence-electron chi connectivity index (χ2n) is 3.08. The molecule has 0 bridgehead atoms. The first kappa shape index (κ1) is 9.37. The van der Waals surface area contributed by atoms with Crippen molar-refractivity contribution in [3.63, 3.8) is 0 Å². The van der Waals surface area contributed by atoms with Crippen molar-refractivity contribution in [1.82, 2.24) is 0 Å². The minimum atomic E-state index is -0.736. The summed E-state index contributed by atoms with van der Waals surface area (Å²) in [5.74, 6) is -0.0411. The molecule has 0 spiro atoms. The van der Waals surface area contributed by atoms with Gasteiger partial charge in [0.25, 0.3) is 0 Å². The number of thiophene rings is 1. The number of fused-ring (bicyclic) bond motifs is 1. The standard InChI is InChI=1S/C11H10O2S/c1-2-3-4-7-9(12)8-5-6-14-11(8)10(7)13/h2-6,9,12H,1H3/b3-2+,7-4+. The van der Waals surface area contributed by atoms with Gasteiger partial charge in [0, 0.05) is 11.1 Å². The smallest absolute Gasteiger partial charge is 0.202 e. The minimum Gasteiger partial charge on any atom is -0.383 e. The molecule has 1 unspecified atom stereocenters. The molecule has 72 valence electrons. The van der Waals surface area contributed by atoms with Gasteiger partial charge >= 0.3 is 0 Å². The third-order valence-electron chi connectivity index (χ3n) is 2.22. The molecule has 1 aromatic heterocycles. The molecule has 0 fully saturated rings. The largest absolute Gasteiger partial charge is 0.383 e. The van der Waals surface area contributed by atoms with Crippen molar-refractivity contribution in [3.05, 3.63) is 45.7 Å². The van der Waals surface area contributed by atoms with Crippen LogP contribution in [0.3, 0.4) is 0 Å². The third-order valence-corrected chi connectivity index (χ3v) is 3.15. The van der Waals surface area contributed by atoms with Crippen LogP contribution in [0.25, 0.3) is 0 Å². The molecule has 0 saturated heterocycles. The zero-order valence-corrected chi connectivity index (χ0v) is 8.54. The maximum Gasteiger partial charge on any atom is 0.202 e. The van der Waals surface area contributed by atoms with E-state index >= 15 is 0 Å². The number of hydrogen-bond acceptors (Lipinski definition) is 3. The Morgan fingerprint density at radius 1 is 1.57 bits per heavy atom. The fourth-order valence-electron chi connectivity index (χ4n) is 1.51. The molecule has 1 N–H and O–H groups in total. The van der Waals surface area contributed by atoms with Gasteiger partial charge in [0.05, 0.1) is 4.88 Å². The topological polar surface area (TPSA) is 37.3 Å². The first-order valence-electron chi connectivity index (χ1n) is 4.38. The van der Waals surface area contributed by atoms with Gasteiger partial charge in [-0.15, -0.1) is 11.3 Å². The number of allylic oxidation sites excluding steroid dienone is 3. The highest BCUT2D eigenvalue weighted by Crippen LogP contribution is 2.38. The van der Waals surface area contributed by atoms with E-state index in [1.54, 1.807) is 18.2 Å². The summed E-state index contributed by atoms with van der Waals surface area (Å²) in [6.45, 7) is 1.87. The first-order chi connectivity index (χ1) is 6.75. The Morgan fingerprint density at radius 3 is 3.00 bits per heavy atom. The number of hydrogen-bond donors (Lipinski definition) is 1. The van der Waals surface area contributed by atoms with Gasteiger partial charge in [0.15, 0.2) is 0 Å². The molecule has 2 rings (SSSR count). The maximum absolute atomic E-state index is 11.7. The summed E-state index contributed by atoms with van der Waals surface area (Å²) < 4.78 is 0. The van der Waals surface area contributed by atoms with E-state index in [0.717, 1.165) is 5.56 Å². The van der Waals surface area contributed by atoms with E-state index in [1.165, 1.54) is 11.3 Å². The van der Waals surface area contributed by atoms with Crippen molar-refractivity contribution in [2.75, 3.05) is 0 Å². The molecule has 3 heteroatoms. The fraction of sp³-hybridized carbons (Fsp3) is 0.182. The van der Waals surface area contributed by atoms with Crippen molar-refractivity contribution in [2.45, 2.75) is 13.0 Å². The number of carbonyl (C=O) groups is 1. The lowest BCUT2D eigenvalue weighted by Crippen LogP contribution is -1.98. The summed E-state index contributed by atoms with van der Waals surface area (Å²) in [4.78, 5) is 12.4. The molecular weight excluding hydrogens is 196 g/mol. The monoisotopic (exact) mass is 206 g/mol. The van der Waals surface area contributed by atoms with Crippen molar-refractivity contribution in [3.8, 4) is 0 Å². The van der Waals surface area contributed by atoms with Gasteiger partial charge in [-0.3, -0.25) is 4.79 Å². The predicted octanol–water partition coefficient (Wildman–Crippen LogP) is 2.48. The van der Waals surface area contributed by atoms with Crippen LogP contribution >= 0.6 is 11.3 Å². The average molecular weight is 206 g/mol. The Kier molecular flexibility index (Phi) is 2.35. The van der Waals surface area contributed by atoms with Crippen LogP contribution in [0.5, 0.6) is 0 Å². The summed E-state index contributed by atoms with van der Waals surface area (Å²) in [5.41, 5.74) is 1.22. The van der Waals surface area contributed by atoms with E-state index in [4.69, 9.17) is 0 Å². The molecule has 2 nitrogen and oxygen atoms in total. The summed E-state index contributed by atoms with van der Waals surface area (Å²) in [5, 5.41) is 11.6. The van der Waals surface area contributed by atoms with E-state index in [0.29, 0.717) is 10.5 Å². The van der Waals surface area contributed by atoms with Crippen LogP contribution in [0.4, 0.5) is 0 Å². The second kappa shape index (κ2) is 3.52. The molecule has 1 aliphatic carbocycles. The number of Topliss-reactive ketones (excluding diaryl/α,β-unsaturated/α-hetero) is 1. The highest BCUT2D eigenvalue weighted by molar-refractivity contribution is 7.12. The van der Waals surface area contributed by atoms with E-state index in [2.05, 4.69) is 0 Å². The molecule has 0 aliphatic heterocycles. The van der Waals surface area contributed by atoms with Crippen LogP contribution in [0.2, 0.25) is 0 Å². The summed E-state index contributed by atoms with van der Waals surface area (Å²) >= 11 is 1.39. The van der Waals surface area contributed by atoms with Crippen LogP contribution in [0.15, 0.2) is 35.2 Å². The Balaban J connectivity index is 2.45. The van der Waals surface area contributed by atoms with Crippen LogP contribution in [0.1, 0.15) is 28.3 Å². The Labute approximate surface area is 86.2 Å². The molecule has 0 saturated carbocycles. The average Bonchev–Trinajstić information content (AvgIpc) is 2.72. The number of carbonyl (C=O) groups excluding carboxylic acids is 1. The van der Waals surface area contributed by atoms with Crippen LogP contribution in [-0.2, 0) is 0 Å². The van der Waals surface area contributed by atoms with Gasteiger partial charge in [-0.25, -0.2) is 0 Å². The molecule has 0 radical (unpaired) electrons. The van der Waals surface area contributed by atoms with E-state index in [9.17, 15) is 9.90 Å². The molecule has 0 aromatic carbocycles. The summed E-state index contributed by atoms with van der Waals surface area (Å²) in [7, 11) is 0. The molecule has 1 aliphatic rings.